The molecule has 2 amide bonds. The summed E-state index contributed by atoms with van der Waals surface area (Å²) in [7, 11) is 0. The van der Waals surface area contributed by atoms with E-state index in [4.69, 9.17) is 0 Å². The summed E-state index contributed by atoms with van der Waals surface area (Å²) in [6.07, 6.45) is 3.12. The van der Waals surface area contributed by atoms with Gasteiger partial charge in [0.1, 0.15) is 5.82 Å². The van der Waals surface area contributed by atoms with Gasteiger partial charge in [0.25, 0.3) is 11.8 Å². The minimum Gasteiger partial charge on any atom is -0.348 e. The van der Waals surface area contributed by atoms with Gasteiger partial charge in [-0.2, -0.15) is 0 Å². The van der Waals surface area contributed by atoms with Crippen LogP contribution < -0.4 is 10.6 Å². The van der Waals surface area contributed by atoms with Crippen molar-refractivity contribution in [3.8, 4) is 5.69 Å². The van der Waals surface area contributed by atoms with Gasteiger partial charge in [-0.25, -0.2) is 4.39 Å². The fourth-order valence-corrected chi connectivity index (χ4v) is 3.74. The first kappa shape index (κ1) is 22.0. The number of amides is 2. The summed E-state index contributed by atoms with van der Waals surface area (Å²) in [5.74, 6) is -0.840. The minimum atomic E-state index is -0.350. The van der Waals surface area contributed by atoms with Crippen LogP contribution in [-0.2, 0) is 6.54 Å². The lowest BCUT2D eigenvalue weighted by Gasteiger charge is -2.11. The Balaban J connectivity index is 1.46. The van der Waals surface area contributed by atoms with Crippen LogP contribution in [0.4, 0.5) is 10.1 Å². The second-order valence-corrected chi connectivity index (χ2v) is 7.64. The van der Waals surface area contributed by atoms with Crippen LogP contribution in [0.2, 0.25) is 0 Å². The average Bonchev–Trinajstić information content (AvgIpc) is 3.12. The number of nitrogens with zero attached hydrogens (tertiary/aromatic N) is 2. The van der Waals surface area contributed by atoms with E-state index >= 15 is 0 Å². The van der Waals surface area contributed by atoms with Gasteiger partial charge in [-0.3, -0.25) is 14.6 Å². The molecule has 0 radical (unpaired) electrons. The van der Waals surface area contributed by atoms with Crippen molar-refractivity contribution < 1.29 is 14.0 Å². The molecule has 7 heteroatoms. The second kappa shape index (κ2) is 9.48. The fraction of sp³-hybridized carbons (Fsp3) is 0.115. The number of carbonyl (C=O) groups excluding carboxylic acids is 2. The van der Waals surface area contributed by atoms with Crippen LogP contribution in [0.5, 0.6) is 0 Å². The van der Waals surface area contributed by atoms with Crippen molar-refractivity contribution in [1.82, 2.24) is 14.9 Å². The maximum Gasteiger partial charge on any atom is 0.255 e. The minimum absolute atomic E-state index is 0.237. The average molecular weight is 442 g/mol. The molecule has 4 rings (SSSR count). The molecule has 6 nitrogen and oxygen atoms in total. The molecule has 2 heterocycles. The molecule has 4 aromatic rings. The SMILES string of the molecule is Cc1cc(C(=O)NCc2cccc(NC(=O)c3ccncc3)c2)c(C)n1-c1ccccc1F. The lowest BCUT2D eigenvalue weighted by molar-refractivity contribution is 0.0949. The fourth-order valence-electron chi connectivity index (χ4n) is 3.74. The third-order valence-corrected chi connectivity index (χ3v) is 5.35. The lowest BCUT2D eigenvalue weighted by Crippen LogP contribution is -2.23. The number of hydrogen-bond acceptors (Lipinski definition) is 3. The number of carbonyl (C=O) groups is 2. The normalized spacial score (nSPS) is 10.6. The summed E-state index contributed by atoms with van der Waals surface area (Å²) in [6, 6.07) is 18.8. The van der Waals surface area contributed by atoms with Crippen molar-refractivity contribution in [2.24, 2.45) is 0 Å². The first-order chi connectivity index (χ1) is 15.9. The van der Waals surface area contributed by atoms with E-state index in [0.717, 1.165) is 11.3 Å². The summed E-state index contributed by atoms with van der Waals surface area (Å²) in [4.78, 5) is 29.1. The van der Waals surface area contributed by atoms with Crippen LogP contribution in [-0.4, -0.2) is 21.4 Å². The highest BCUT2D eigenvalue weighted by Crippen LogP contribution is 2.23. The quantitative estimate of drug-likeness (QED) is 0.450. The standard InChI is InChI=1S/C26H23FN4O2/c1-17-14-22(18(2)31(17)24-9-4-3-8-23(24)27)26(33)29-16-19-6-5-7-21(15-19)30-25(32)20-10-12-28-13-11-20/h3-15H,16H2,1-2H3,(H,29,33)(H,30,32). The molecule has 0 bridgehead atoms. The van der Waals surface area contributed by atoms with Crippen molar-refractivity contribution >= 4 is 17.5 Å². The molecule has 166 valence electrons. The number of anilines is 1. The van der Waals surface area contributed by atoms with E-state index in [0.29, 0.717) is 28.2 Å². The van der Waals surface area contributed by atoms with Crippen LogP contribution in [0, 0.1) is 19.7 Å². The third-order valence-electron chi connectivity index (χ3n) is 5.35. The van der Waals surface area contributed by atoms with Crippen LogP contribution in [0.25, 0.3) is 5.69 Å². The first-order valence-electron chi connectivity index (χ1n) is 10.5. The van der Waals surface area contributed by atoms with Gasteiger partial charge in [-0.05, 0) is 61.9 Å². The van der Waals surface area contributed by atoms with Gasteiger partial charge in [0.15, 0.2) is 0 Å². The Morgan fingerprint density at radius 3 is 2.45 bits per heavy atom. The Hall–Kier alpha value is -4.26. The molecule has 2 aromatic carbocycles. The first-order valence-corrected chi connectivity index (χ1v) is 10.5. The summed E-state index contributed by atoms with van der Waals surface area (Å²) in [6.45, 7) is 3.91. The monoisotopic (exact) mass is 442 g/mol. The van der Waals surface area contributed by atoms with Crippen LogP contribution in [0.1, 0.15) is 37.7 Å². The smallest absolute Gasteiger partial charge is 0.255 e. The van der Waals surface area contributed by atoms with Crippen molar-refractivity contribution in [2.45, 2.75) is 20.4 Å². The molecule has 0 saturated heterocycles. The van der Waals surface area contributed by atoms with Gasteiger partial charge >= 0.3 is 0 Å². The molecule has 0 unspecified atom stereocenters. The summed E-state index contributed by atoms with van der Waals surface area (Å²) in [5.41, 5.74) is 4.29. The Labute approximate surface area is 191 Å². The number of aryl methyl sites for hydroxylation is 1. The van der Waals surface area contributed by atoms with E-state index in [1.165, 1.54) is 6.07 Å². The zero-order valence-corrected chi connectivity index (χ0v) is 18.3. The molecule has 2 N–H and O–H groups in total. The number of hydrogen-bond donors (Lipinski definition) is 2. The Morgan fingerprint density at radius 2 is 1.70 bits per heavy atom. The number of pyridine rings is 1. The molecule has 33 heavy (non-hydrogen) atoms. The maximum absolute atomic E-state index is 14.3. The Kier molecular flexibility index (Phi) is 6.31. The zero-order chi connectivity index (χ0) is 23.4. The van der Waals surface area contributed by atoms with E-state index < -0.39 is 0 Å². The highest BCUT2D eigenvalue weighted by molar-refractivity contribution is 6.04. The number of para-hydroxylation sites is 1. The molecule has 0 saturated carbocycles. The number of halogens is 1. The van der Waals surface area contributed by atoms with Gasteiger partial charge < -0.3 is 15.2 Å². The van der Waals surface area contributed by atoms with Crippen LogP contribution in [0.15, 0.2) is 79.1 Å². The van der Waals surface area contributed by atoms with E-state index in [-0.39, 0.29) is 24.2 Å². The van der Waals surface area contributed by atoms with Crippen molar-refractivity contribution in [3.63, 3.8) is 0 Å². The van der Waals surface area contributed by atoms with Gasteiger partial charge in [0, 0.05) is 41.6 Å². The van der Waals surface area contributed by atoms with Gasteiger partial charge in [-0.15, -0.1) is 0 Å². The molecule has 0 aliphatic carbocycles. The predicted molar refractivity (Wildman–Crippen MR) is 125 cm³/mol. The van der Waals surface area contributed by atoms with Crippen LogP contribution >= 0.6 is 0 Å². The number of aromatic nitrogens is 2. The highest BCUT2D eigenvalue weighted by atomic mass is 19.1. The topological polar surface area (TPSA) is 76.0 Å². The third kappa shape index (κ3) is 4.82. The van der Waals surface area contributed by atoms with Crippen molar-refractivity contribution in [2.75, 3.05) is 5.32 Å². The lowest BCUT2D eigenvalue weighted by atomic mass is 10.1. The van der Waals surface area contributed by atoms with E-state index in [1.54, 1.807) is 66.3 Å². The molecular formula is C26H23FN4O2. The van der Waals surface area contributed by atoms with Gasteiger partial charge in [0.05, 0.1) is 11.3 Å². The van der Waals surface area contributed by atoms with E-state index in [2.05, 4.69) is 15.6 Å². The molecule has 0 aliphatic heterocycles. The molecule has 0 atom stereocenters. The van der Waals surface area contributed by atoms with Crippen molar-refractivity contribution in [1.29, 1.82) is 0 Å². The van der Waals surface area contributed by atoms with Gasteiger partial charge in [0.2, 0.25) is 0 Å². The molecule has 0 spiro atoms. The second-order valence-electron chi connectivity index (χ2n) is 7.64. The van der Waals surface area contributed by atoms with E-state index in [1.807, 2.05) is 25.1 Å². The highest BCUT2D eigenvalue weighted by Gasteiger charge is 2.18. The summed E-state index contributed by atoms with van der Waals surface area (Å²) < 4.78 is 16.0. The van der Waals surface area contributed by atoms with E-state index in [9.17, 15) is 14.0 Å². The Morgan fingerprint density at radius 1 is 0.939 bits per heavy atom. The maximum atomic E-state index is 14.3. The molecule has 0 fully saturated rings. The van der Waals surface area contributed by atoms with Gasteiger partial charge in [-0.1, -0.05) is 24.3 Å². The largest absolute Gasteiger partial charge is 0.348 e. The zero-order valence-electron chi connectivity index (χ0n) is 18.3. The molecule has 2 aromatic heterocycles. The van der Waals surface area contributed by atoms with Crippen LogP contribution in [0.3, 0.4) is 0 Å². The predicted octanol–water partition coefficient (Wildman–Crippen LogP) is 4.81. The number of benzene rings is 2. The van der Waals surface area contributed by atoms with Crippen molar-refractivity contribution in [3.05, 3.63) is 113 Å². The summed E-state index contributed by atoms with van der Waals surface area (Å²) >= 11 is 0. The number of nitrogens with one attached hydrogen (secondary N) is 2. The molecule has 0 aliphatic rings. The number of rotatable bonds is 6. The molecular weight excluding hydrogens is 419 g/mol. The Bertz CT molecular complexity index is 1320. The summed E-state index contributed by atoms with van der Waals surface area (Å²) in [5, 5.41) is 5.75.